The fraction of sp³-hybridized carbons (Fsp3) is 0.364. The highest BCUT2D eigenvalue weighted by Gasteiger charge is 2.18. The predicted octanol–water partition coefficient (Wildman–Crippen LogP) is 1.70. The molecule has 7 heteroatoms. The third kappa shape index (κ3) is 3.41. The van der Waals surface area contributed by atoms with E-state index < -0.39 is 4.92 Å². The van der Waals surface area contributed by atoms with Crippen molar-refractivity contribution in [3.63, 3.8) is 0 Å². The van der Waals surface area contributed by atoms with Gasteiger partial charge >= 0.3 is 0 Å². The number of aliphatic hydroxyl groups is 1. The first kappa shape index (κ1) is 14.4. The number of nitro groups is 1. The lowest BCUT2D eigenvalue weighted by Gasteiger charge is -2.16. The smallest absolute Gasteiger partial charge is 0.288 e. The van der Waals surface area contributed by atoms with Crippen LogP contribution in [-0.2, 0) is 0 Å². The minimum atomic E-state index is -0.632. The Balaban J connectivity index is 2.93. The molecular weight excluding hydrogens is 260 g/mol. The van der Waals surface area contributed by atoms with Gasteiger partial charge in [-0.1, -0.05) is 11.6 Å². The molecule has 98 valence electrons. The van der Waals surface area contributed by atoms with E-state index in [-0.39, 0.29) is 28.8 Å². The molecule has 18 heavy (non-hydrogen) atoms. The summed E-state index contributed by atoms with van der Waals surface area (Å²) in [5.74, 6) is -0.344. The first-order valence-corrected chi connectivity index (χ1v) is 5.65. The van der Waals surface area contributed by atoms with Gasteiger partial charge in [0, 0.05) is 31.8 Å². The lowest BCUT2D eigenvalue weighted by atomic mass is 10.1. The largest absolute Gasteiger partial charge is 0.396 e. The lowest BCUT2D eigenvalue weighted by Crippen LogP contribution is -2.28. The van der Waals surface area contributed by atoms with Gasteiger partial charge in [0.2, 0.25) is 0 Å². The Labute approximate surface area is 109 Å². The molecule has 0 atom stereocenters. The predicted molar refractivity (Wildman–Crippen MR) is 66.8 cm³/mol. The number of nitro benzene ring substituents is 1. The van der Waals surface area contributed by atoms with Gasteiger partial charge in [-0.2, -0.15) is 0 Å². The van der Waals surface area contributed by atoms with Crippen LogP contribution in [0.15, 0.2) is 18.2 Å². The van der Waals surface area contributed by atoms with Crippen LogP contribution >= 0.6 is 11.6 Å². The van der Waals surface area contributed by atoms with Gasteiger partial charge in [0.05, 0.1) is 4.92 Å². The number of aliphatic hydroxyl groups excluding tert-OH is 1. The number of hydrogen-bond acceptors (Lipinski definition) is 4. The van der Waals surface area contributed by atoms with Crippen LogP contribution in [0.3, 0.4) is 0 Å². The van der Waals surface area contributed by atoms with Crippen molar-refractivity contribution in [2.45, 2.75) is 6.42 Å². The Morgan fingerprint density at radius 3 is 2.78 bits per heavy atom. The zero-order valence-electron chi connectivity index (χ0n) is 9.80. The quantitative estimate of drug-likeness (QED) is 0.653. The maximum absolute atomic E-state index is 11.9. The van der Waals surface area contributed by atoms with Crippen LogP contribution in [0.1, 0.15) is 16.8 Å². The molecule has 1 aromatic rings. The second kappa shape index (κ2) is 6.32. The van der Waals surface area contributed by atoms with Crippen LogP contribution in [0.5, 0.6) is 0 Å². The zero-order valence-corrected chi connectivity index (χ0v) is 10.6. The van der Waals surface area contributed by atoms with E-state index in [1.54, 1.807) is 7.05 Å². The second-order valence-corrected chi connectivity index (χ2v) is 4.13. The summed E-state index contributed by atoms with van der Waals surface area (Å²) in [5, 5.41) is 19.4. The van der Waals surface area contributed by atoms with Gasteiger partial charge in [0.1, 0.15) is 5.02 Å². The van der Waals surface area contributed by atoms with Gasteiger partial charge in [0.15, 0.2) is 0 Å². The summed E-state index contributed by atoms with van der Waals surface area (Å²) in [6, 6.07) is 3.92. The van der Waals surface area contributed by atoms with Gasteiger partial charge in [-0.15, -0.1) is 0 Å². The van der Waals surface area contributed by atoms with Crippen LogP contribution in [0, 0.1) is 10.1 Å². The monoisotopic (exact) mass is 272 g/mol. The summed E-state index contributed by atoms with van der Waals surface area (Å²) in [4.78, 5) is 23.4. The molecule has 0 aliphatic heterocycles. The van der Waals surface area contributed by atoms with E-state index in [1.807, 2.05) is 0 Å². The number of nitrogens with zero attached hydrogens (tertiary/aromatic N) is 2. The number of amides is 1. The van der Waals surface area contributed by atoms with Crippen LogP contribution in [0.4, 0.5) is 5.69 Å². The molecule has 6 nitrogen and oxygen atoms in total. The van der Waals surface area contributed by atoms with Crippen LogP contribution in [-0.4, -0.2) is 41.0 Å². The molecule has 0 heterocycles. The van der Waals surface area contributed by atoms with Crippen molar-refractivity contribution in [2.24, 2.45) is 0 Å². The molecule has 0 bridgehead atoms. The number of carbonyl (C=O) groups is 1. The molecule has 1 amide bonds. The zero-order chi connectivity index (χ0) is 13.7. The van der Waals surface area contributed by atoms with Gasteiger partial charge in [-0.3, -0.25) is 14.9 Å². The highest BCUT2D eigenvalue weighted by Crippen LogP contribution is 2.25. The number of benzene rings is 1. The van der Waals surface area contributed by atoms with E-state index in [2.05, 4.69) is 0 Å². The average Bonchev–Trinajstić information content (AvgIpc) is 2.35. The van der Waals surface area contributed by atoms with E-state index in [0.717, 1.165) is 6.07 Å². The summed E-state index contributed by atoms with van der Waals surface area (Å²) in [6.45, 7) is 0.365. The fourth-order valence-corrected chi connectivity index (χ4v) is 1.60. The van der Waals surface area contributed by atoms with E-state index >= 15 is 0 Å². The average molecular weight is 273 g/mol. The highest BCUT2D eigenvalue weighted by molar-refractivity contribution is 6.32. The summed E-state index contributed by atoms with van der Waals surface area (Å²) in [5.41, 5.74) is -0.0929. The summed E-state index contributed by atoms with van der Waals surface area (Å²) in [6.07, 6.45) is 0.456. The maximum atomic E-state index is 11.9. The minimum absolute atomic E-state index is 0.00504. The Bertz CT molecular complexity index is 464. The van der Waals surface area contributed by atoms with Gasteiger partial charge in [-0.25, -0.2) is 0 Å². The third-order valence-electron chi connectivity index (χ3n) is 2.39. The number of halogens is 1. The molecule has 1 N–H and O–H groups in total. The molecule has 0 aliphatic carbocycles. The van der Waals surface area contributed by atoms with Crippen LogP contribution in [0.2, 0.25) is 5.02 Å². The summed E-state index contributed by atoms with van der Waals surface area (Å²) in [7, 11) is 1.57. The molecule has 0 unspecified atom stereocenters. The minimum Gasteiger partial charge on any atom is -0.396 e. The number of carbonyl (C=O) groups excluding carboxylic acids is 1. The van der Waals surface area contributed by atoms with Crippen molar-refractivity contribution in [3.05, 3.63) is 38.9 Å². The third-order valence-corrected chi connectivity index (χ3v) is 2.71. The Morgan fingerprint density at radius 2 is 2.22 bits per heavy atom. The molecule has 0 fully saturated rings. The van der Waals surface area contributed by atoms with E-state index in [4.69, 9.17) is 16.7 Å². The molecular formula is C11H13ClN2O4. The van der Waals surface area contributed by atoms with Gasteiger partial charge in [0.25, 0.3) is 11.6 Å². The van der Waals surface area contributed by atoms with Crippen molar-refractivity contribution < 1.29 is 14.8 Å². The van der Waals surface area contributed by atoms with Gasteiger partial charge < -0.3 is 10.0 Å². The Hall–Kier alpha value is -1.66. The molecule has 0 radical (unpaired) electrons. The summed E-state index contributed by atoms with van der Waals surface area (Å²) >= 11 is 5.66. The molecule has 0 saturated carbocycles. The van der Waals surface area contributed by atoms with Crippen LogP contribution in [0.25, 0.3) is 0 Å². The van der Waals surface area contributed by atoms with Crippen molar-refractivity contribution in [3.8, 4) is 0 Å². The maximum Gasteiger partial charge on any atom is 0.288 e. The first-order chi connectivity index (χ1) is 8.47. The van der Waals surface area contributed by atoms with Crippen molar-refractivity contribution in [1.82, 2.24) is 4.90 Å². The molecule has 0 aliphatic rings. The SMILES string of the molecule is CN(CCCO)C(=O)c1ccc(Cl)c([N+](=O)[O-])c1. The molecule has 1 aromatic carbocycles. The standard InChI is InChI=1S/C11H13ClN2O4/c1-13(5-2-6-15)11(16)8-3-4-9(12)10(7-8)14(17)18/h3-4,7,15H,2,5-6H2,1H3. The fourth-order valence-electron chi connectivity index (χ4n) is 1.42. The summed E-state index contributed by atoms with van der Waals surface area (Å²) < 4.78 is 0. The lowest BCUT2D eigenvalue weighted by molar-refractivity contribution is -0.384. The van der Waals surface area contributed by atoms with Crippen molar-refractivity contribution in [1.29, 1.82) is 0 Å². The first-order valence-electron chi connectivity index (χ1n) is 5.27. The van der Waals surface area contributed by atoms with Gasteiger partial charge in [-0.05, 0) is 18.6 Å². The van der Waals surface area contributed by atoms with Crippen LogP contribution < -0.4 is 0 Å². The molecule has 1 rings (SSSR count). The molecule has 0 saturated heterocycles. The van der Waals surface area contributed by atoms with Crippen molar-refractivity contribution in [2.75, 3.05) is 20.2 Å². The Morgan fingerprint density at radius 1 is 1.56 bits per heavy atom. The van der Waals surface area contributed by atoms with E-state index in [9.17, 15) is 14.9 Å². The van der Waals surface area contributed by atoms with E-state index in [1.165, 1.54) is 17.0 Å². The second-order valence-electron chi connectivity index (χ2n) is 3.73. The topological polar surface area (TPSA) is 83.7 Å². The number of hydrogen-bond donors (Lipinski definition) is 1. The van der Waals surface area contributed by atoms with E-state index in [0.29, 0.717) is 13.0 Å². The molecule has 0 aromatic heterocycles. The Kier molecular flexibility index (Phi) is 5.06. The highest BCUT2D eigenvalue weighted by atomic mass is 35.5. The van der Waals surface area contributed by atoms with Crippen molar-refractivity contribution >= 4 is 23.2 Å². The molecule has 0 spiro atoms. The normalized spacial score (nSPS) is 10.2. The number of rotatable bonds is 5.